The van der Waals surface area contributed by atoms with Crippen molar-refractivity contribution in [1.29, 1.82) is 0 Å². The molecule has 5 nitrogen and oxygen atoms in total. The van der Waals surface area contributed by atoms with Gasteiger partial charge >= 0.3 is 6.03 Å². The normalized spacial score (nSPS) is 9.72. The van der Waals surface area contributed by atoms with Gasteiger partial charge in [-0.1, -0.05) is 6.07 Å². The highest BCUT2D eigenvalue weighted by Gasteiger charge is 2.05. The van der Waals surface area contributed by atoms with Crippen molar-refractivity contribution in [2.24, 2.45) is 0 Å². The third kappa shape index (κ3) is 4.91. The second-order valence-corrected chi connectivity index (χ2v) is 4.89. The van der Waals surface area contributed by atoms with Gasteiger partial charge in [0.1, 0.15) is 0 Å². The van der Waals surface area contributed by atoms with E-state index in [2.05, 4.69) is 38.5 Å². The molecule has 0 aliphatic rings. The number of urea groups is 1. The van der Waals surface area contributed by atoms with Crippen molar-refractivity contribution in [2.45, 2.75) is 13.8 Å². The van der Waals surface area contributed by atoms with Crippen molar-refractivity contribution in [3.05, 3.63) is 27.3 Å². The molecule has 6 heteroatoms. The molecule has 3 N–H and O–H groups in total. The fourth-order valence-corrected chi connectivity index (χ4v) is 1.78. The van der Waals surface area contributed by atoms with Gasteiger partial charge in [0.25, 0.3) is 0 Å². The van der Waals surface area contributed by atoms with E-state index in [0.717, 1.165) is 9.13 Å². The molecule has 0 spiro atoms. The first-order valence-corrected chi connectivity index (χ1v) is 6.68. The Morgan fingerprint density at radius 1 is 1.28 bits per heavy atom. The van der Waals surface area contributed by atoms with Crippen LogP contribution in [0.15, 0.2) is 18.2 Å². The Bertz CT molecular complexity index is 449. The number of anilines is 1. The summed E-state index contributed by atoms with van der Waals surface area (Å²) in [5.74, 6) is -0.203. The Labute approximate surface area is 120 Å². The van der Waals surface area contributed by atoms with Crippen LogP contribution in [0.3, 0.4) is 0 Å². The van der Waals surface area contributed by atoms with Crippen molar-refractivity contribution in [2.75, 3.05) is 18.4 Å². The Balaban J connectivity index is 2.44. The molecule has 1 aromatic carbocycles. The first kappa shape index (κ1) is 14.7. The summed E-state index contributed by atoms with van der Waals surface area (Å²) in [5.41, 5.74) is 1.86. The third-order valence-electron chi connectivity index (χ3n) is 2.21. The van der Waals surface area contributed by atoms with E-state index >= 15 is 0 Å². The summed E-state index contributed by atoms with van der Waals surface area (Å²) >= 11 is 2.20. The molecule has 0 radical (unpaired) electrons. The van der Waals surface area contributed by atoms with Crippen LogP contribution in [-0.2, 0) is 4.79 Å². The van der Waals surface area contributed by atoms with E-state index in [-0.39, 0.29) is 18.5 Å². The van der Waals surface area contributed by atoms with E-state index in [9.17, 15) is 9.59 Å². The zero-order chi connectivity index (χ0) is 13.5. The number of nitrogens with one attached hydrogen (secondary N) is 3. The maximum Gasteiger partial charge on any atom is 0.319 e. The molecule has 0 bridgehead atoms. The summed E-state index contributed by atoms with van der Waals surface area (Å²) in [6.07, 6.45) is 0. The highest BCUT2D eigenvalue weighted by Crippen LogP contribution is 2.16. The van der Waals surface area contributed by atoms with Gasteiger partial charge in [0.15, 0.2) is 0 Å². The molecule has 0 saturated carbocycles. The lowest BCUT2D eigenvalue weighted by Crippen LogP contribution is -2.38. The van der Waals surface area contributed by atoms with Gasteiger partial charge in [-0.25, -0.2) is 4.79 Å². The van der Waals surface area contributed by atoms with Gasteiger partial charge in [-0.15, -0.1) is 0 Å². The SMILES string of the molecule is CCNC(=O)CNC(=O)Nc1ccc(C)c(I)c1. The second-order valence-electron chi connectivity index (χ2n) is 3.73. The minimum atomic E-state index is -0.388. The van der Waals surface area contributed by atoms with Gasteiger partial charge < -0.3 is 16.0 Å². The van der Waals surface area contributed by atoms with Crippen LogP contribution in [0.1, 0.15) is 12.5 Å². The molecule has 0 aromatic heterocycles. The maximum absolute atomic E-state index is 11.5. The fourth-order valence-electron chi connectivity index (χ4n) is 1.27. The maximum atomic E-state index is 11.5. The van der Waals surface area contributed by atoms with Crippen molar-refractivity contribution in [3.8, 4) is 0 Å². The Morgan fingerprint density at radius 3 is 2.61 bits per heavy atom. The van der Waals surface area contributed by atoms with Crippen LogP contribution in [0.25, 0.3) is 0 Å². The largest absolute Gasteiger partial charge is 0.355 e. The number of halogens is 1. The van der Waals surface area contributed by atoms with Crippen LogP contribution >= 0.6 is 22.6 Å². The zero-order valence-corrected chi connectivity index (χ0v) is 12.5. The quantitative estimate of drug-likeness (QED) is 0.717. The molecular formula is C12H16IN3O2. The standard InChI is InChI=1S/C12H16IN3O2/c1-3-14-11(17)7-15-12(18)16-9-5-4-8(2)10(13)6-9/h4-6H,3,7H2,1-2H3,(H,14,17)(H2,15,16,18). The number of hydrogen-bond donors (Lipinski definition) is 3. The summed E-state index contributed by atoms with van der Waals surface area (Å²) in [5, 5.41) is 7.76. The van der Waals surface area contributed by atoms with E-state index in [1.807, 2.05) is 32.0 Å². The molecule has 18 heavy (non-hydrogen) atoms. The minimum Gasteiger partial charge on any atom is -0.355 e. The van der Waals surface area contributed by atoms with Crippen LogP contribution in [0.2, 0.25) is 0 Å². The van der Waals surface area contributed by atoms with Crippen LogP contribution < -0.4 is 16.0 Å². The summed E-state index contributed by atoms with van der Waals surface area (Å²) in [4.78, 5) is 22.7. The van der Waals surface area contributed by atoms with Gasteiger partial charge in [-0.05, 0) is 54.1 Å². The molecule has 3 amide bonds. The molecule has 0 atom stereocenters. The molecule has 1 rings (SSSR count). The Morgan fingerprint density at radius 2 is 2.00 bits per heavy atom. The predicted octanol–water partition coefficient (Wildman–Crippen LogP) is 1.86. The number of carbonyl (C=O) groups is 2. The Kier molecular flexibility index (Phi) is 5.90. The zero-order valence-electron chi connectivity index (χ0n) is 10.3. The average molecular weight is 361 g/mol. The fraction of sp³-hybridized carbons (Fsp3) is 0.333. The van der Waals surface area contributed by atoms with E-state index in [1.165, 1.54) is 0 Å². The number of aryl methyl sites for hydroxylation is 1. The van der Waals surface area contributed by atoms with Crippen molar-refractivity contribution >= 4 is 40.2 Å². The highest BCUT2D eigenvalue weighted by atomic mass is 127. The number of hydrogen-bond acceptors (Lipinski definition) is 2. The van der Waals surface area contributed by atoms with Gasteiger partial charge in [0.05, 0.1) is 6.54 Å². The molecule has 1 aromatic rings. The summed E-state index contributed by atoms with van der Waals surface area (Å²) in [6.45, 7) is 4.35. The lowest BCUT2D eigenvalue weighted by molar-refractivity contribution is -0.119. The Hall–Kier alpha value is -1.31. The summed E-state index contributed by atoms with van der Waals surface area (Å²) < 4.78 is 1.08. The predicted molar refractivity (Wildman–Crippen MR) is 79.6 cm³/mol. The lowest BCUT2D eigenvalue weighted by atomic mass is 10.2. The average Bonchev–Trinajstić information content (AvgIpc) is 2.32. The number of likely N-dealkylation sites (N-methyl/N-ethyl adjacent to an activating group) is 1. The molecule has 0 aliphatic carbocycles. The van der Waals surface area contributed by atoms with Crippen molar-refractivity contribution in [3.63, 3.8) is 0 Å². The monoisotopic (exact) mass is 361 g/mol. The molecule has 0 unspecified atom stereocenters. The molecule has 0 fully saturated rings. The number of amides is 3. The van der Waals surface area contributed by atoms with Gasteiger partial charge in [-0.3, -0.25) is 4.79 Å². The third-order valence-corrected chi connectivity index (χ3v) is 3.38. The smallest absolute Gasteiger partial charge is 0.319 e. The number of benzene rings is 1. The van der Waals surface area contributed by atoms with Crippen molar-refractivity contribution in [1.82, 2.24) is 10.6 Å². The van der Waals surface area contributed by atoms with Gasteiger partial charge in [0, 0.05) is 15.8 Å². The summed E-state index contributed by atoms with van der Waals surface area (Å²) in [7, 11) is 0. The lowest BCUT2D eigenvalue weighted by Gasteiger charge is -2.08. The first-order valence-electron chi connectivity index (χ1n) is 5.60. The van der Waals surface area contributed by atoms with Gasteiger partial charge in [-0.2, -0.15) is 0 Å². The van der Waals surface area contributed by atoms with Crippen molar-refractivity contribution < 1.29 is 9.59 Å². The van der Waals surface area contributed by atoms with Crippen LogP contribution in [0.5, 0.6) is 0 Å². The van der Waals surface area contributed by atoms with Crippen LogP contribution in [-0.4, -0.2) is 25.0 Å². The van der Waals surface area contributed by atoms with E-state index < -0.39 is 0 Å². The molecular weight excluding hydrogens is 345 g/mol. The number of rotatable bonds is 4. The van der Waals surface area contributed by atoms with Crippen LogP contribution in [0, 0.1) is 10.5 Å². The van der Waals surface area contributed by atoms with E-state index in [0.29, 0.717) is 12.2 Å². The minimum absolute atomic E-state index is 0.0252. The van der Waals surface area contributed by atoms with E-state index in [1.54, 1.807) is 0 Å². The number of carbonyl (C=O) groups excluding carboxylic acids is 2. The second kappa shape index (κ2) is 7.20. The molecule has 0 aliphatic heterocycles. The first-order chi connectivity index (χ1) is 8.52. The van der Waals surface area contributed by atoms with Gasteiger partial charge in [0.2, 0.25) is 5.91 Å². The highest BCUT2D eigenvalue weighted by molar-refractivity contribution is 14.1. The molecule has 0 saturated heterocycles. The van der Waals surface area contributed by atoms with Crippen LogP contribution in [0.4, 0.5) is 10.5 Å². The molecule has 0 heterocycles. The topological polar surface area (TPSA) is 70.2 Å². The van der Waals surface area contributed by atoms with E-state index in [4.69, 9.17) is 0 Å². The summed E-state index contributed by atoms with van der Waals surface area (Å²) in [6, 6.07) is 5.24. The molecule has 98 valence electrons.